The molecule has 38 heavy (non-hydrogen) atoms. The van der Waals surface area contributed by atoms with Gasteiger partial charge in [0.15, 0.2) is 6.29 Å². The van der Waals surface area contributed by atoms with Gasteiger partial charge in [0, 0.05) is 22.4 Å². The van der Waals surface area contributed by atoms with E-state index in [0.717, 1.165) is 12.1 Å². The number of thioether (sulfide) groups is 1. The zero-order valence-corrected chi connectivity index (χ0v) is 21.2. The maximum Gasteiger partial charge on any atom is 0.177 e. The minimum atomic E-state index is -1.73. The summed E-state index contributed by atoms with van der Waals surface area (Å²) in [5.41, 5.74) is -1.34. The molecule has 1 fully saturated rings. The Kier molecular flexibility index (Phi) is 9.01. The molecule has 1 aliphatic rings. The summed E-state index contributed by atoms with van der Waals surface area (Å²) in [6, 6.07) is 9.34. The Balaban J connectivity index is 1.38. The molecule has 0 unspecified atom stereocenters. The topological polar surface area (TPSA) is 93.2 Å². The summed E-state index contributed by atoms with van der Waals surface area (Å²) in [5, 5.41) is 24.1. The van der Waals surface area contributed by atoms with E-state index in [1.54, 1.807) is 25.2 Å². The van der Waals surface area contributed by atoms with Gasteiger partial charge in [-0.25, -0.2) is 22.8 Å². The standard InChI is InChI=1S/C27H25F3N4O3S/c1-18(27(35,15-34-17-32-16-33-34)23-10-9-20(28)11-25(23)30)38-21-13-36-26(37-14-21)8-3-2-6-22-19(12-31)5-4-7-24(22)29/h2-11,16-18,21,26,35H,13-15H2,1H3/b6-2+,8-3+/t18-,21?,26?,27-/m1/s1. The molecule has 0 saturated carbocycles. The number of ether oxygens (including phenoxy) is 2. The van der Waals surface area contributed by atoms with Crippen LogP contribution in [0.3, 0.4) is 0 Å². The fraction of sp³-hybridized carbons (Fsp3) is 0.296. The van der Waals surface area contributed by atoms with E-state index in [-0.39, 0.29) is 28.5 Å². The van der Waals surface area contributed by atoms with E-state index in [9.17, 15) is 18.3 Å². The second kappa shape index (κ2) is 12.4. The van der Waals surface area contributed by atoms with Crippen molar-refractivity contribution in [3.63, 3.8) is 0 Å². The highest BCUT2D eigenvalue weighted by Gasteiger charge is 2.41. The van der Waals surface area contributed by atoms with Crippen LogP contribution in [0.4, 0.5) is 13.2 Å². The Labute approximate surface area is 222 Å². The smallest absolute Gasteiger partial charge is 0.177 e. The largest absolute Gasteiger partial charge is 0.382 e. The van der Waals surface area contributed by atoms with Crippen LogP contribution < -0.4 is 0 Å². The maximum atomic E-state index is 14.7. The highest BCUT2D eigenvalue weighted by molar-refractivity contribution is 8.00. The highest BCUT2D eigenvalue weighted by Crippen LogP contribution is 2.38. The van der Waals surface area contributed by atoms with Gasteiger partial charge in [0.25, 0.3) is 0 Å². The predicted octanol–water partition coefficient (Wildman–Crippen LogP) is 4.59. The zero-order chi connectivity index (χ0) is 27.1. The summed E-state index contributed by atoms with van der Waals surface area (Å²) in [6.45, 7) is 2.25. The first-order valence-electron chi connectivity index (χ1n) is 11.7. The number of benzene rings is 2. The van der Waals surface area contributed by atoms with Crippen molar-refractivity contribution >= 4 is 17.8 Å². The molecule has 1 aliphatic heterocycles. The minimum absolute atomic E-state index is 0.0472. The van der Waals surface area contributed by atoms with E-state index in [0.29, 0.717) is 13.2 Å². The first kappa shape index (κ1) is 27.6. The van der Waals surface area contributed by atoms with Gasteiger partial charge in [-0.05, 0) is 24.3 Å². The van der Waals surface area contributed by atoms with E-state index in [2.05, 4.69) is 10.1 Å². The fourth-order valence-electron chi connectivity index (χ4n) is 4.04. The molecule has 3 aromatic rings. The quantitative estimate of drug-likeness (QED) is 0.396. The van der Waals surface area contributed by atoms with Crippen LogP contribution in [-0.4, -0.2) is 49.9 Å². The molecule has 0 bridgehead atoms. The summed E-state index contributed by atoms with van der Waals surface area (Å²) < 4.78 is 55.1. The first-order chi connectivity index (χ1) is 18.3. The summed E-state index contributed by atoms with van der Waals surface area (Å²) in [6.07, 6.45) is 8.48. The molecule has 4 rings (SSSR count). The second-order valence-electron chi connectivity index (χ2n) is 8.63. The first-order valence-corrected chi connectivity index (χ1v) is 12.7. The van der Waals surface area contributed by atoms with Gasteiger partial charge in [0.1, 0.15) is 35.7 Å². The molecule has 7 nitrogen and oxygen atoms in total. The number of nitriles is 1. The van der Waals surface area contributed by atoms with Crippen molar-refractivity contribution in [2.24, 2.45) is 0 Å². The molecule has 0 amide bonds. The van der Waals surface area contributed by atoms with Crippen molar-refractivity contribution in [2.75, 3.05) is 13.2 Å². The summed E-state index contributed by atoms with van der Waals surface area (Å²) in [4.78, 5) is 3.88. The van der Waals surface area contributed by atoms with Crippen molar-refractivity contribution in [1.82, 2.24) is 14.8 Å². The molecule has 0 aliphatic carbocycles. The third-order valence-corrected chi connectivity index (χ3v) is 7.50. The van der Waals surface area contributed by atoms with Crippen LogP contribution in [0.1, 0.15) is 23.6 Å². The van der Waals surface area contributed by atoms with Crippen molar-refractivity contribution in [2.45, 2.75) is 35.9 Å². The van der Waals surface area contributed by atoms with Gasteiger partial charge in [-0.3, -0.25) is 0 Å². The van der Waals surface area contributed by atoms with E-state index in [4.69, 9.17) is 14.7 Å². The van der Waals surface area contributed by atoms with Crippen LogP contribution in [-0.2, 0) is 21.6 Å². The minimum Gasteiger partial charge on any atom is -0.382 e. The molecule has 198 valence electrons. The molecule has 2 aromatic carbocycles. The third-order valence-electron chi connectivity index (χ3n) is 6.04. The van der Waals surface area contributed by atoms with Crippen molar-refractivity contribution in [3.8, 4) is 6.07 Å². The summed E-state index contributed by atoms with van der Waals surface area (Å²) in [5.74, 6) is -2.08. The molecule has 1 N–H and O–H groups in total. The molecular weight excluding hydrogens is 517 g/mol. The van der Waals surface area contributed by atoms with Crippen LogP contribution in [0, 0.1) is 28.8 Å². The van der Waals surface area contributed by atoms with E-state index in [1.807, 2.05) is 6.07 Å². The van der Waals surface area contributed by atoms with Gasteiger partial charge >= 0.3 is 0 Å². The number of allylic oxidation sites excluding steroid dienone is 2. The van der Waals surface area contributed by atoms with Crippen molar-refractivity contribution < 1.29 is 27.8 Å². The zero-order valence-electron chi connectivity index (χ0n) is 20.4. The Morgan fingerprint density at radius 3 is 2.68 bits per heavy atom. The van der Waals surface area contributed by atoms with E-state index < -0.39 is 34.6 Å². The molecule has 0 radical (unpaired) electrons. The summed E-state index contributed by atoms with van der Waals surface area (Å²) >= 11 is 1.36. The Morgan fingerprint density at radius 1 is 1.21 bits per heavy atom. The van der Waals surface area contributed by atoms with E-state index >= 15 is 0 Å². The molecule has 1 aromatic heterocycles. The average molecular weight is 543 g/mol. The monoisotopic (exact) mass is 542 g/mol. The number of hydrogen-bond acceptors (Lipinski definition) is 7. The van der Waals surface area contributed by atoms with Crippen LogP contribution in [0.5, 0.6) is 0 Å². The average Bonchev–Trinajstić information content (AvgIpc) is 3.40. The maximum absolute atomic E-state index is 14.7. The highest BCUT2D eigenvalue weighted by atomic mass is 32.2. The van der Waals surface area contributed by atoms with Gasteiger partial charge in [0.2, 0.25) is 0 Å². The molecule has 2 atom stereocenters. The number of rotatable bonds is 9. The lowest BCUT2D eigenvalue weighted by Gasteiger charge is -2.37. The lowest BCUT2D eigenvalue weighted by Crippen LogP contribution is -2.43. The van der Waals surface area contributed by atoms with Gasteiger partial charge < -0.3 is 14.6 Å². The van der Waals surface area contributed by atoms with Crippen LogP contribution >= 0.6 is 11.8 Å². The number of aromatic nitrogens is 3. The van der Waals surface area contributed by atoms with E-state index in [1.165, 1.54) is 59.4 Å². The number of halogens is 3. The normalized spacial score (nSPS) is 20.4. The lowest BCUT2D eigenvalue weighted by molar-refractivity contribution is -0.146. The third kappa shape index (κ3) is 6.52. The van der Waals surface area contributed by atoms with Gasteiger partial charge in [-0.1, -0.05) is 37.3 Å². The molecule has 1 saturated heterocycles. The Morgan fingerprint density at radius 2 is 2.00 bits per heavy atom. The molecule has 2 heterocycles. The summed E-state index contributed by atoms with van der Waals surface area (Å²) in [7, 11) is 0. The van der Waals surface area contributed by atoms with Crippen LogP contribution in [0.25, 0.3) is 6.08 Å². The second-order valence-corrected chi connectivity index (χ2v) is 10.3. The SMILES string of the molecule is C[C@@H](SC1COC(/C=C/C=C/c2c(F)cccc2C#N)OC1)[C@](O)(Cn1cncn1)c1ccc(F)cc1F. The predicted molar refractivity (Wildman–Crippen MR) is 136 cm³/mol. The Hall–Kier alpha value is -3.43. The Bertz CT molecular complexity index is 1340. The number of nitrogens with zero attached hydrogens (tertiary/aromatic N) is 4. The fourth-order valence-corrected chi connectivity index (χ4v) is 5.35. The number of aliphatic hydroxyl groups is 1. The molecule has 11 heteroatoms. The lowest BCUT2D eigenvalue weighted by atomic mass is 9.90. The molecular formula is C27H25F3N4O3S. The van der Waals surface area contributed by atoms with Crippen molar-refractivity contribution in [1.29, 1.82) is 5.26 Å². The van der Waals surface area contributed by atoms with Crippen LogP contribution in [0.2, 0.25) is 0 Å². The van der Waals surface area contributed by atoms with Crippen LogP contribution in [0.15, 0.2) is 67.3 Å². The molecule has 0 spiro atoms. The van der Waals surface area contributed by atoms with Gasteiger partial charge in [0.05, 0.1) is 36.6 Å². The van der Waals surface area contributed by atoms with Gasteiger partial charge in [-0.2, -0.15) is 10.4 Å². The van der Waals surface area contributed by atoms with Gasteiger partial charge in [-0.15, -0.1) is 11.8 Å². The van der Waals surface area contributed by atoms with Crippen molar-refractivity contribution in [3.05, 3.63) is 101 Å². The number of hydrogen-bond donors (Lipinski definition) is 1.